The summed E-state index contributed by atoms with van der Waals surface area (Å²) in [5.41, 5.74) is 0.582. The van der Waals surface area contributed by atoms with Gasteiger partial charge in [0.05, 0.1) is 0 Å². The molecule has 0 aromatic heterocycles. The first-order valence-electron chi connectivity index (χ1n) is 7.21. The smallest absolute Gasteiger partial charge is 0.325 e. The number of esters is 1. The molecule has 2 N–H and O–H groups in total. The summed E-state index contributed by atoms with van der Waals surface area (Å²) in [7, 11) is 1.65. The SMILES string of the molecule is CN=C(NCCc1ccccc1Cl)NCC(=O)OC(C)(C)C. The quantitative estimate of drug-likeness (QED) is 0.496. The Morgan fingerprint density at radius 3 is 2.55 bits per heavy atom. The summed E-state index contributed by atoms with van der Waals surface area (Å²) in [6.45, 7) is 6.24. The summed E-state index contributed by atoms with van der Waals surface area (Å²) in [5.74, 6) is 0.236. The second-order valence-electron chi connectivity index (χ2n) is 5.78. The monoisotopic (exact) mass is 325 g/mol. The van der Waals surface area contributed by atoms with E-state index in [-0.39, 0.29) is 12.5 Å². The van der Waals surface area contributed by atoms with E-state index in [2.05, 4.69) is 15.6 Å². The fourth-order valence-electron chi connectivity index (χ4n) is 1.77. The van der Waals surface area contributed by atoms with E-state index in [0.29, 0.717) is 12.5 Å². The van der Waals surface area contributed by atoms with Gasteiger partial charge in [-0.3, -0.25) is 9.79 Å². The van der Waals surface area contributed by atoms with Gasteiger partial charge in [0.25, 0.3) is 0 Å². The molecule has 1 aromatic carbocycles. The predicted octanol–water partition coefficient (Wildman–Crippen LogP) is 2.39. The second-order valence-corrected chi connectivity index (χ2v) is 6.19. The van der Waals surface area contributed by atoms with Crippen molar-refractivity contribution < 1.29 is 9.53 Å². The third-order valence-electron chi connectivity index (χ3n) is 2.69. The van der Waals surface area contributed by atoms with E-state index in [1.165, 1.54) is 0 Å². The number of ether oxygens (including phenoxy) is 1. The Kier molecular flexibility index (Phi) is 7.18. The minimum Gasteiger partial charge on any atom is -0.459 e. The maximum absolute atomic E-state index is 11.6. The average Bonchev–Trinajstić information content (AvgIpc) is 2.42. The van der Waals surface area contributed by atoms with Gasteiger partial charge in [-0.05, 0) is 38.8 Å². The molecule has 0 aliphatic heterocycles. The van der Waals surface area contributed by atoms with Crippen LogP contribution in [0.3, 0.4) is 0 Å². The number of aliphatic imine (C=N–C) groups is 1. The van der Waals surface area contributed by atoms with Gasteiger partial charge in [-0.2, -0.15) is 0 Å². The molecule has 0 atom stereocenters. The first kappa shape index (κ1) is 18.3. The van der Waals surface area contributed by atoms with Gasteiger partial charge in [-0.25, -0.2) is 0 Å². The second kappa shape index (κ2) is 8.63. The van der Waals surface area contributed by atoms with E-state index in [9.17, 15) is 4.79 Å². The van der Waals surface area contributed by atoms with E-state index >= 15 is 0 Å². The molecule has 1 aromatic rings. The van der Waals surface area contributed by atoms with Crippen molar-refractivity contribution in [3.05, 3.63) is 34.9 Å². The van der Waals surface area contributed by atoms with Crippen molar-refractivity contribution in [3.63, 3.8) is 0 Å². The molecule has 6 heteroatoms. The Balaban J connectivity index is 2.34. The first-order chi connectivity index (χ1) is 10.3. The number of hydrogen-bond acceptors (Lipinski definition) is 3. The maximum atomic E-state index is 11.6. The molecule has 0 bridgehead atoms. The van der Waals surface area contributed by atoms with Gasteiger partial charge in [-0.15, -0.1) is 0 Å². The van der Waals surface area contributed by atoms with E-state index in [1.54, 1.807) is 7.05 Å². The molecule has 0 radical (unpaired) electrons. The van der Waals surface area contributed by atoms with Gasteiger partial charge in [0, 0.05) is 18.6 Å². The van der Waals surface area contributed by atoms with Crippen molar-refractivity contribution >= 4 is 23.5 Å². The van der Waals surface area contributed by atoms with Gasteiger partial charge in [0.15, 0.2) is 5.96 Å². The highest BCUT2D eigenvalue weighted by Gasteiger charge is 2.16. The number of benzene rings is 1. The molecule has 0 fully saturated rings. The van der Waals surface area contributed by atoms with Crippen LogP contribution >= 0.6 is 11.6 Å². The minimum atomic E-state index is -0.486. The van der Waals surface area contributed by atoms with Crippen molar-refractivity contribution in [2.75, 3.05) is 20.1 Å². The molecule has 5 nitrogen and oxygen atoms in total. The summed E-state index contributed by atoms with van der Waals surface area (Å²) in [5, 5.41) is 6.81. The average molecular weight is 326 g/mol. The molecular weight excluding hydrogens is 302 g/mol. The van der Waals surface area contributed by atoms with Crippen molar-refractivity contribution in [1.29, 1.82) is 0 Å². The number of halogens is 1. The van der Waals surface area contributed by atoms with Crippen LogP contribution in [0.25, 0.3) is 0 Å². The van der Waals surface area contributed by atoms with Gasteiger partial charge in [0.2, 0.25) is 0 Å². The molecule has 0 heterocycles. The lowest BCUT2D eigenvalue weighted by molar-refractivity contribution is -0.153. The predicted molar refractivity (Wildman–Crippen MR) is 90.4 cm³/mol. The molecule has 0 spiro atoms. The van der Waals surface area contributed by atoms with Crippen molar-refractivity contribution in [2.45, 2.75) is 32.8 Å². The number of nitrogens with one attached hydrogen (secondary N) is 2. The molecule has 22 heavy (non-hydrogen) atoms. The van der Waals surface area contributed by atoms with E-state index in [0.717, 1.165) is 17.0 Å². The van der Waals surface area contributed by atoms with E-state index < -0.39 is 5.60 Å². The lowest BCUT2D eigenvalue weighted by Gasteiger charge is -2.20. The largest absolute Gasteiger partial charge is 0.459 e. The van der Waals surface area contributed by atoms with Gasteiger partial charge in [-0.1, -0.05) is 29.8 Å². The highest BCUT2D eigenvalue weighted by molar-refractivity contribution is 6.31. The number of nitrogens with zero attached hydrogens (tertiary/aromatic N) is 1. The number of guanidine groups is 1. The maximum Gasteiger partial charge on any atom is 0.325 e. The lowest BCUT2D eigenvalue weighted by atomic mass is 10.1. The van der Waals surface area contributed by atoms with Crippen LogP contribution in [0, 0.1) is 0 Å². The number of hydrogen-bond donors (Lipinski definition) is 2. The van der Waals surface area contributed by atoms with Crippen molar-refractivity contribution in [3.8, 4) is 0 Å². The van der Waals surface area contributed by atoms with Crippen LogP contribution in [0.5, 0.6) is 0 Å². The lowest BCUT2D eigenvalue weighted by Crippen LogP contribution is -2.42. The molecule has 0 unspecified atom stereocenters. The van der Waals surface area contributed by atoms with Crippen LogP contribution < -0.4 is 10.6 Å². The van der Waals surface area contributed by atoms with Crippen molar-refractivity contribution in [1.82, 2.24) is 10.6 Å². The zero-order chi connectivity index (χ0) is 16.6. The normalized spacial score (nSPS) is 12.0. The summed E-state index contributed by atoms with van der Waals surface area (Å²) in [6, 6.07) is 7.71. The Morgan fingerprint density at radius 2 is 1.95 bits per heavy atom. The summed E-state index contributed by atoms with van der Waals surface area (Å²) >= 11 is 6.10. The van der Waals surface area contributed by atoms with Crippen LogP contribution in [0.4, 0.5) is 0 Å². The fraction of sp³-hybridized carbons (Fsp3) is 0.500. The third kappa shape index (κ3) is 7.31. The Labute approximate surface area is 137 Å². The topological polar surface area (TPSA) is 62.7 Å². The van der Waals surface area contributed by atoms with Crippen molar-refractivity contribution in [2.24, 2.45) is 4.99 Å². The van der Waals surface area contributed by atoms with Gasteiger partial charge < -0.3 is 15.4 Å². The Bertz CT molecular complexity index is 524. The highest BCUT2D eigenvalue weighted by atomic mass is 35.5. The van der Waals surface area contributed by atoms with Gasteiger partial charge in [0.1, 0.15) is 12.1 Å². The molecule has 0 saturated heterocycles. The number of carbonyl (C=O) groups is 1. The van der Waals surface area contributed by atoms with E-state index in [1.807, 2.05) is 45.0 Å². The Hall–Kier alpha value is -1.75. The molecule has 0 amide bonds. The zero-order valence-electron chi connectivity index (χ0n) is 13.6. The van der Waals surface area contributed by atoms with Crippen LogP contribution in [-0.2, 0) is 16.0 Å². The van der Waals surface area contributed by atoms with Crippen LogP contribution in [-0.4, -0.2) is 37.7 Å². The number of carbonyl (C=O) groups excluding carboxylic acids is 1. The van der Waals surface area contributed by atoms with Crippen LogP contribution in [0.2, 0.25) is 5.02 Å². The molecule has 0 saturated carbocycles. The van der Waals surface area contributed by atoms with Crippen LogP contribution in [0.15, 0.2) is 29.3 Å². The fourth-order valence-corrected chi connectivity index (χ4v) is 2.00. The summed E-state index contributed by atoms with van der Waals surface area (Å²) in [6.07, 6.45) is 0.771. The molecule has 0 aliphatic carbocycles. The van der Waals surface area contributed by atoms with Gasteiger partial charge >= 0.3 is 5.97 Å². The number of rotatable bonds is 5. The molecule has 1 rings (SSSR count). The van der Waals surface area contributed by atoms with Crippen LogP contribution in [0.1, 0.15) is 26.3 Å². The summed E-state index contributed by atoms with van der Waals surface area (Å²) in [4.78, 5) is 15.7. The van der Waals surface area contributed by atoms with E-state index in [4.69, 9.17) is 16.3 Å². The minimum absolute atomic E-state index is 0.0725. The standard InChI is InChI=1S/C16H24ClN3O2/c1-16(2,3)22-14(21)11-20-15(18-4)19-10-9-12-7-5-6-8-13(12)17/h5-8H,9-11H2,1-4H3,(H2,18,19,20). The zero-order valence-corrected chi connectivity index (χ0v) is 14.3. The first-order valence-corrected chi connectivity index (χ1v) is 7.59. The Morgan fingerprint density at radius 1 is 1.27 bits per heavy atom. The highest BCUT2D eigenvalue weighted by Crippen LogP contribution is 2.14. The molecule has 122 valence electrons. The molecule has 0 aliphatic rings. The third-order valence-corrected chi connectivity index (χ3v) is 3.06. The molecular formula is C16H24ClN3O2. The summed E-state index contributed by atoms with van der Waals surface area (Å²) < 4.78 is 5.22.